The van der Waals surface area contributed by atoms with Crippen LogP contribution in [0.4, 0.5) is 0 Å². The normalized spacial score (nSPS) is 10.8. The molecule has 0 fully saturated rings. The third-order valence-corrected chi connectivity index (χ3v) is 5.09. The Labute approximate surface area is 109 Å². The quantitative estimate of drug-likeness (QED) is 0.686. The molecule has 1 nitrogen and oxygen atoms in total. The molecule has 0 aliphatic carbocycles. The lowest BCUT2D eigenvalue weighted by Crippen LogP contribution is -1.89. The van der Waals surface area contributed by atoms with E-state index in [9.17, 15) is 0 Å². The van der Waals surface area contributed by atoms with Crippen LogP contribution >= 0.6 is 49.9 Å². The molecule has 0 saturated carbocycles. The van der Waals surface area contributed by atoms with Gasteiger partial charge in [-0.2, -0.15) is 0 Å². The number of thiophene rings is 1. The summed E-state index contributed by atoms with van der Waals surface area (Å²) in [6, 6.07) is 4.30. The molecule has 1 aromatic carbocycles. The lowest BCUT2D eigenvalue weighted by Gasteiger charge is -2.01. The van der Waals surface area contributed by atoms with Crippen molar-refractivity contribution in [3.05, 3.63) is 25.6 Å². The van der Waals surface area contributed by atoms with E-state index in [2.05, 4.69) is 56.0 Å². The van der Waals surface area contributed by atoms with Crippen LogP contribution in [0.5, 0.6) is 5.75 Å². The van der Waals surface area contributed by atoms with Crippen LogP contribution in [0.15, 0.2) is 22.0 Å². The van der Waals surface area contributed by atoms with Crippen LogP contribution in [0.3, 0.4) is 0 Å². The van der Waals surface area contributed by atoms with Crippen LogP contribution in [-0.4, -0.2) is 6.61 Å². The standard InChI is InChI=1S/C10H8BrIOS/c1-2-13-9-5-14-10-4-8(12)7(11)3-6(9)10/h3-5H,2H2,1H3. The van der Waals surface area contributed by atoms with Crippen LogP contribution in [-0.2, 0) is 0 Å². The number of halogens is 2. The van der Waals surface area contributed by atoms with Gasteiger partial charge in [-0.15, -0.1) is 11.3 Å². The highest BCUT2D eigenvalue weighted by Crippen LogP contribution is 2.36. The molecule has 1 heterocycles. The van der Waals surface area contributed by atoms with Crippen LogP contribution in [0.1, 0.15) is 6.92 Å². The van der Waals surface area contributed by atoms with E-state index in [-0.39, 0.29) is 0 Å². The molecular formula is C10H8BrIOS. The zero-order chi connectivity index (χ0) is 10.1. The Kier molecular flexibility index (Phi) is 3.34. The van der Waals surface area contributed by atoms with E-state index in [0.29, 0.717) is 0 Å². The molecule has 0 aliphatic rings. The maximum Gasteiger partial charge on any atom is 0.137 e. The fraction of sp³-hybridized carbons (Fsp3) is 0.200. The van der Waals surface area contributed by atoms with Gasteiger partial charge in [-0.3, -0.25) is 0 Å². The highest BCUT2D eigenvalue weighted by atomic mass is 127. The summed E-state index contributed by atoms with van der Waals surface area (Å²) >= 11 is 7.58. The van der Waals surface area contributed by atoms with Gasteiger partial charge in [0.15, 0.2) is 0 Å². The van der Waals surface area contributed by atoms with Gasteiger partial charge in [0, 0.05) is 23.5 Å². The van der Waals surface area contributed by atoms with Crippen molar-refractivity contribution < 1.29 is 4.74 Å². The Bertz CT molecular complexity index is 466. The molecule has 0 spiro atoms. The van der Waals surface area contributed by atoms with E-state index in [1.807, 2.05) is 6.92 Å². The van der Waals surface area contributed by atoms with Crippen LogP contribution in [0, 0.1) is 3.57 Å². The maximum absolute atomic E-state index is 5.54. The monoisotopic (exact) mass is 382 g/mol. The molecule has 0 atom stereocenters. The van der Waals surface area contributed by atoms with Crippen LogP contribution in [0.25, 0.3) is 10.1 Å². The average Bonchev–Trinajstić information content (AvgIpc) is 2.51. The summed E-state index contributed by atoms with van der Waals surface area (Å²) in [5.41, 5.74) is 0. The first-order valence-electron chi connectivity index (χ1n) is 4.21. The Balaban J connectivity index is 2.61. The maximum atomic E-state index is 5.54. The number of hydrogen-bond acceptors (Lipinski definition) is 2. The minimum atomic E-state index is 0.718. The number of fused-ring (bicyclic) bond motifs is 1. The summed E-state index contributed by atoms with van der Waals surface area (Å²) in [5, 5.41) is 3.26. The lowest BCUT2D eigenvalue weighted by molar-refractivity contribution is 0.345. The first kappa shape index (κ1) is 10.7. The highest BCUT2D eigenvalue weighted by Gasteiger charge is 2.07. The predicted octanol–water partition coefficient (Wildman–Crippen LogP) is 4.67. The van der Waals surface area contributed by atoms with Gasteiger partial charge in [0.25, 0.3) is 0 Å². The van der Waals surface area contributed by atoms with Gasteiger partial charge in [0.1, 0.15) is 5.75 Å². The van der Waals surface area contributed by atoms with Gasteiger partial charge >= 0.3 is 0 Å². The number of rotatable bonds is 2. The number of ether oxygens (including phenoxy) is 1. The summed E-state index contributed by atoms with van der Waals surface area (Å²) < 4.78 is 9.19. The van der Waals surface area contributed by atoms with Crippen molar-refractivity contribution in [3.63, 3.8) is 0 Å². The molecule has 0 amide bonds. The molecule has 2 aromatic rings. The topological polar surface area (TPSA) is 9.23 Å². The molecule has 2 rings (SSSR count). The molecule has 0 N–H and O–H groups in total. The average molecular weight is 383 g/mol. The van der Waals surface area contributed by atoms with Crippen molar-refractivity contribution in [2.45, 2.75) is 6.92 Å². The minimum absolute atomic E-state index is 0.718. The van der Waals surface area contributed by atoms with Crippen LogP contribution in [0.2, 0.25) is 0 Å². The fourth-order valence-corrected chi connectivity index (χ4v) is 3.19. The van der Waals surface area contributed by atoms with Gasteiger partial charge in [-0.05, 0) is 57.6 Å². The summed E-state index contributed by atoms with van der Waals surface area (Å²) in [6.45, 7) is 2.72. The molecular weight excluding hydrogens is 375 g/mol. The van der Waals surface area contributed by atoms with Crippen molar-refractivity contribution in [1.82, 2.24) is 0 Å². The number of benzene rings is 1. The first-order chi connectivity index (χ1) is 6.72. The van der Waals surface area contributed by atoms with Crippen molar-refractivity contribution in [2.75, 3.05) is 6.61 Å². The van der Waals surface area contributed by atoms with E-state index in [1.165, 1.54) is 13.7 Å². The highest BCUT2D eigenvalue weighted by molar-refractivity contribution is 14.1. The second-order valence-corrected chi connectivity index (χ2v) is 5.72. The Morgan fingerprint density at radius 3 is 3.00 bits per heavy atom. The van der Waals surface area contributed by atoms with Gasteiger partial charge in [-0.1, -0.05) is 0 Å². The molecule has 0 aliphatic heterocycles. The van der Waals surface area contributed by atoms with E-state index < -0.39 is 0 Å². The zero-order valence-corrected chi connectivity index (χ0v) is 12.1. The molecule has 74 valence electrons. The Morgan fingerprint density at radius 2 is 2.29 bits per heavy atom. The zero-order valence-electron chi connectivity index (χ0n) is 7.51. The predicted molar refractivity (Wildman–Crippen MR) is 73.4 cm³/mol. The second kappa shape index (κ2) is 4.37. The first-order valence-corrected chi connectivity index (χ1v) is 6.96. The molecule has 0 saturated heterocycles. The molecule has 0 radical (unpaired) electrons. The summed E-state index contributed by atoms with van der Waals surface area (Å²) in [4.78, 5) is 0. The summed E-state index contributed by atoms with van der Waals surface area (Å²) in [5.74, 6) is 0.990. The largest absolute Gasteiger partial charge is 0.492 e. The van der Waals surface area contributed by atoms with Crippen LogP contribution < -0.4 is 4.74 Å². The SMILES string of the molecule is CCOc1csc2cc(I)c(Br)cc12. The molecule has 14 heavy (non-hydrogen) atoms. The second-order valence-electron chi connectivity index (χ2n) is 2.80. The van der Waals surface area contributed by atoms with Gasteiger partial charge in [-0.25, -0.2) is 0 Å². The fourth-order valence-electron chi connectivity index (χ4n) is 1.27. The van der Waals surface area contributed by atoms with Gasteiger partial charge in [0.05, 0.1) is 6.61 Å². The van der Waals surface area contributed by atoms with Crippen molar-refractivity contribution >= 4 is 59.9 Å². The summed E-state index contributed by atoms with van der Waals surface area (Å²) in [6.07, 6.45) is 0. The lowest BCUT2D eigenvalue weighted by atomic mass is 10.2. The summed E-state index contributed by atoms with van der Waals surface area (Å²) in [7, 11) is 0. The van der Waals surface area contributed by atoms with E-state index in [1.54, 1.807) is 11.3 Å². The van der Waals surface area contributed by atoms with Gasteiger partial charge in [0.2, 0.25) is 0 Å². The van der Waals surface area contributed by atoms with E-state index in [4.69, 9.17) is 4.74 Å². The van der Waals surface area contributed by atoms with Crippen molar-refractivity contribution in [2.24, 2.45) is 0 Å². The third-order valence-electron chi connectivity index (χ3n) is 1.88. The van der Waals surface area contributed by atoms with Gasteiger partial charge < -0.3 is 4.74 Å². The van der Waals surface area contributed by atoms with E-state index in [0.717, 1.165) is 16.8 Å². The van der Waals surface area contributed by atoms with E-state index >= 15 is 0 Å². The number of hydrogen-bond donors (Lipinski definition) is 0. The van der Waals surface area contributed by atoms with Crippen molar-refractivity contribution in [3.8, 4) is 5.75 Å². The Morgan fingerprint density at radius 1 is 1.50 bits per heavy atom. The third kappa shape index (κ3) is 1.92. The Hall–Kier alpha value is 0.190. The molecule has 1 aromatic heterocycles. The van der Waals surface area contributed by atoms with Crippen molar-refractivity contribution in [1.29, 1.82) is 0 Å². The smallest absolute Gasteiger partial charge is 0.137 e. The molecule has 4 heteroatoms. The molecule has 0 bridgehead atoms. The molecule has 0 unspecified atom stereocenters. The minimum Gasteiger partial charge on any atom is -0.492 e.